The normalized spacial score (nSPS) is 22.5. The van der Waals surface area contributed by atoms with Crippen LogP contribution in [0.5, 0.6) is 0 Å². The third-order valence-electron chi connectivity index (χ3n) is 16.0. The lowest BCUT2D eigenvalue weighted by molar-refractivity contribution is -0.0383. The predicted molar refractivity (Wildman–Crippen MR) is 294 cm³/mol. The molecule has 24 heteroatoms. The smallest absolute Gasteiger partial charge is 0.283 e. The van der Waals surface area contributed by atoms with Gasteiger partial charge in [-0.1, -0.05) is 83.1 Å². The van der Waals surface area contributed by atoms with Crippen LogP contribution in [0.15, 0.2) is 22.2 Å². The lowest BCUT2D eigenvalue weighted by Crippen LogP contribution is -2.48. The molecule has 3 aliphatic heterocycles. The number of H-pyrrole nitrogens is 1. The molecule has 6 atom stereocenters. The van der Waals surface area contributed by atoms with Crippen LogP contribution in [0, 0.1) is 0 Å². The average Bonchev–Trinajstić information content (AvgIpc) is 3.62. The van der Waals surface area contributed by atoms with Gasteiger partial charge in [0.2, 0.25) is 11.9 Å². The van der Waals surface area contributed by atoms with Gasteiger partial charge in [0.05, 0.1) is 64.4 Å². The number of aromatic amines is 1. The fourth-order valence-corrected chi connectivity index (χ4v) is 11.9. The molecule has 0 saturated carbocycles. The lowest BCUT2D eigenvalue weighted by atomic mass is 10.2. The zero-order valence-corrected chi connectivity index (χ0v) is 51.2. The largest absolute Gasteiger partial charge is 0.414 e. The fraction of sp³-hybridized carbons (Fsp3) is 0.792. The van der Waals surface area contributed by atoms with E-state index in [0.717, 1.165) is 13.2 Å². The van der Waals surface area contributed by atoms with Crippen LogP contribution < -0.4 is 22.6 Å². The molecule has 4 aromatic rings. The van der Waals surface area contributed by atoms with Crippen LogP contribution in [0.1, 0.15) is 108 Å². The maximum absolute atomic E-state index is 12.9. The Morgan fingerprint density at radius 3 is 1.42 bits per heavy atom. The molecule has 6 N–H and O–H groups in total. The zero-order valence-electron chi connectivity index (χ0n) is 47.2. The summed E-state index contributed by atoms with van der Waals surface area (Å²) >= 11 is 0. The van der Waals surface area contributed by atoms with E-state index in [1.807, 2.05) is 0 Å². The van der Waals surface area contributed by atoms with Crippen molar-refractivity contribution < 1.29 is 37.0 Å². The Labute approximate surface area is 431 Å². The Kier molecular flexibility index (Phi) is 18.1. The van der Waals surface area contributed by atoms with Gasteiger partial charge in [0.15, 0.2) is 55.6 Å². The second-order valence-corrected chi connectivity index (χ2v) is 44.7. The molecule has 0 aliphatic carbocycles. The summed E-state index contributed by atoms with van der Waals surface area (Å²) < 4.78 is 49.1. The van der Waals surface area contributed by atoms with Gasteiger partial charge in [0.1, 0.15) is 24.7 Å². The van der Waals surface area contributed by atoms with Gasteiger partial charge in [-0.25, -0.2) is 9.97 Å². The number of anilines is 2. The highest BCUT2D eigenvalue weighted by molar-refractivity contribution is 6.75. The van der Waals surface area contributed by atoms with E-state index in [4.69, 9.17) is 38.6 Å². The molecule has 408 valence electrons. The summed E-state index contributed by atoms with van der Waals surface area (Å²) in [6.45, 7) is 47.4. The minimum absolute atomic E-state index is 0.0354. The first-order valence-corrected chi connectivity index (χ1v) is 37.0. The number of hydrogen-bond acceptors (Lipinski definition) is 16. The van der Waals surface area contributed by atoms with Crippen molar-refractivity contribution in [1.82, 2.24) is 38.6 Å². The Bertz CT molecular complexity index is 2580. The quantitative estimate of drug-likeness (QED) is 0.0684. The average molecular weight is 1080 g/mol. The van der Waals surface area contributed by atoms with Gasteiger partial charge < -0.3 is 48.5 Å². The summed E-state index contributed by atoms with van der Waals surface area (Å²) in [5.41, 5.74) is 12.3. The molecule has 0 spiro atoms. The van der Waals surface area contributed by atoms with E-state index in [-0.39, 0.29) is 98.0 Å². The molecule has 20 nitrogen and oxygen atoms in total. The fourth-order valence-electron chi connectivity index (χ4n) is 7.11. The first-order chi connectivity index (χ1) is 32.8. The first kappa shape index (κ1) is 59.7. The number of ether oxygens (including phenoxy) is 3. The molecule has 0 amide bonds. The van der Waals surface area contributed by atoms with E-state index in [9.17, 15) is 14.7 Å². The number of fused-ring (bicyclic) bond motifs is 2. The molecule has 0 radical (unpaired) electrons. The second-order valence-electron chi connectivity index (χ2n) is 25.6. The first-order valence-electron chi connectivity index (χ1n) is 25.4. The van der Waals surface area contributed by atoms with Crippen LogP contribution >= 0.6 is 0 Å². The number of nitrogens with zero attached hydrogens (tertiary/aromatic N) is 7. The zero-order chi connectivity index (χ0) is 54.4. The van der Waals surface area contributed by atoms with Gasteiger partial charge in [0, 0.05) is 12.8 Å². The van der Waals surface area contributed by atoms with Gasteiger partial charge in [-0.15, -0.1) is 0 Å². The molecule has 2 unspecified atom stereocenters. The molecule has 3 fully saturated rings. The topological polar surface area (TPSA) is 256 Å². The van der Waals surface area contributed by atoms with Gasteiger partial charge in [-0.2, -0.15) is 9.97 Å². The number of aliphatic hydroxyl groups excluding tert-OH is 1. The molecule has 0 aromatic carbocycles. The number of aliphatic hydroxyl groups is 1. The summed E-state index contributed by atoms with van der Waals surface area (Å²) in [5, 5.41) is 9.58. The molecule has 3 aliphatic rings. The van der Waals surface area contributed by atoms with E-state index in [1.165, 1.54) is 4.57 Å². The van der Waals surface area contributed by atoms with Gasteiger partial charge in [-0.3, -0.25) is 28.3 Å². The van der Waals surface area contributed by atoms with Crippen LogP contribution in [0.4, 0.5) is 11.9 Å². The molecule has 7 heterocycles. The van der Waals surface area contributed by atoms with Crippen molar-refractivity contribution in [3.63, 3.8) is 0 Å². The highest BCUT2D eigenvalue weighted by Gasteiger charge is 2.49. The Morgan fingerprint density at radius 2 is 1.04 bits per heavy atom. The van der Waals surface area contributed by atoms with E-state index in [1.54, 1.807) is 21.8 Å². The number of nitrogens with two attached hydrogens (primary N) is 2. The number of imidazole rings is 2. The third-order valence-corrected chi connectivity index (χ3v) is 34.0. The van der Waals surface area contributed by atoms with Crippen LogP contribution in [-0.2, 0) is 38.5 Å². The minimum Gasteiger partial charge on any atom is -0.414 e. The summed E-state index contributed by atoms with van der Waals surface area (Å²) in [6.07, 6.45) is 2.82. The Hall–Kier alpha value is -3.15. The molecule has 0 bridgehead atoms. The van der Waals surface area contributed by atoms with Crippen LogP contribution in [-0.4, -0.2) is 134 Å². The number of epoxide rings is 1. The highest BCUT2D eigenvalue weighted by atomic mass is 28.4. The lowest BCUT2D eigenvalue weighted by Gasteiger charge is -2.40. The van der Waals surface area contributed by atoms with E-state index >= 15 is 0 Å². The van der Waals surface area contributed by atoms with Crippen molar-refractivity contribution in [1.29, 1.82) is 0 Å². The Balaban J connectivity index is 0.000000253. The SMILES string of the molecule is C1CO1.CC(C)(C)[Si](C)(C)OC[C@H]1O[C@@H](n2cnc3c(=O)[nH]c(N)nc32)CC1O[Si](C)(C)C(C)(C)C.CC(C)(C)[Si](C)(C)OC[C@H]1O[C@@H](n2cnc3c(=O)n(CCO)c(N)nc32)CC1O[Si](C)(C)C(C)(C)C. The monoisotopic (exact) mass is 1080 g/mol. The van der Waals surface area contributed by atoms with Crippen molar-refractivity contribution in [3.05, 3.63) is 33.4 Å². The van der Waals surface area contributed by atoms with Crippen molar-refractivity contribution in [2.45, 2.75) is 212 Å². The predicted octanol–water partition coefficient (Wildman–Crippen LogP) is 8.29. The number of hydrogen-bond donors (Lipinski definition) is 4. The second kappa shape index (κ2) is 21.8. The molecule has 3 saturated heterocycles. The maximum atomic E-state index is 12.9. The standard InChI is InChI=1S/C24H45N5O5Si2.C22H41N5O4Si2.C2H4O/c1-23(2,3)35(7,8)32-14-17-16(34-36(9,10)24(4,5)6)13-18(33-17)29-15-26-19-20(29)27-22(25)28(11-12-30)21(19)31;1-21(2,3)32(7,8)29-12-15-14(31-33(9,10)22(4,5)6)11-16(30-15)27-13-24-17-18(27)25-20(23)26-19(17)28;1-2-3-1/h15-18,30H,11-14H2,1-10H3,(H2,25,27);13-16H,11-12H2,1-10H3,(H3,23,25,26,28);1-2H2/t16?,17-,18-;14?,15-,16-;/m11./s1. The van der Waals surface area contributed by atoms with Crippen LogP contribution in [0.2, 0.25) is 72.5 Å². The van der Waals surface area contributed by atoms with Crippen molar-refractivity contribution in [2.24, 2.45) is 0 Å². The minimum atomic E-state index is -2.09. The van der Waals surface area contributed by atoms with Crippen molar-refractivity contribution in [2.75, 3.05) is 44.5 Å². The molecular weight excluding hydrogens is 989 g/mol. The van der Waals surface area contributed by atoms with Crippen molar-refractivity contribution >= 4 is 67.5 Å². The summed E-state index contributed by atoms with van der Waals surface area (Å²) in [4.78, 5) is 44.9. The third kappa shape index (κ3) is 13.8. The molecular formula is C48H90N10O10Si4. The molecule has 4 aromatic heterocycles. The van der Waals surface area contributed by atoms with Gasteiger partial charge in [0.25, 0.3) is 11.1 Å². The molecule has 72 heavy (non-hydrogen) atoms. The van der Waals surface area contributed by atoms with Crippen molar-refractivity contribution in [3.8, 4) is 0 Å². The number of aromatic nitrogens is 8. The van der Waals surface area contributed by atoms with Crippen LogP contribution in [0.25, 0.3) is 22.3 Å². The summed E-state index contributed by atoms with van der Waals surface area (Å²) in [6, 6.07) is 0. The van der Waals surface area contributed by atoms with Gasteiger partial charge in [-0.05, 0) is 72.5 Å². The van der Waals surface area contributed by atoms with Gasteiger partial charge >= 0.3 is 0 Å². The Morgan fingerprint density at radius 1 is 0.653 bits per heavy atom. The highest BCUT2D eigenvalue weighted by Crippen LogP contribution is 2.45. The maximum Gasteiger partial charge on any atom is 0.283 e. The number of nitrogen functional groups attached to an aromatic ring is 2. The summed E-state index contributed by atoms with van der Waals surface area (Å²) in [7, 11) is -8.09. The molecule has 7 rings (SSSR count). The van der Waals surface area contributed by atoms with E-state index in [0.29, 0.717) is 37.3 Å². The van der Waals surface area contributed by atoms with E-state index in [2.05, 4.69) is 165 Å². The van der Waals surface area contributed by atoms with Crippen LogP contribution in [0.3, 0.4) is 0 Å². The van der Waals surface area contributed by atoms with E-state index < -0.39 is 39.5 Å². The number of nitrogens with one attached hydrogen (secondary N) is 1. The summed E-state index contributed by atoms with van der Waals surface area (Å²) in [5.74, 6) is 0.0901. The number of rotatable bonds is 14.